The molecule has 1 heterocycles. The Hall–Kier alpha value is -3.12. The number of aryl methyl sites for hydroxylation is 1. The predicted octanol–water partition coefficient (Wildman–Crippen LogP) is 2.20. The number of aromatic nitrogens is 1. The van der Waals surface area contributed by atoms with E-state index in [-0.39, 0.29) is 17.7 Å². The third-order valence-electron chi connectivity index (χ3n) is 3.97. The normalized spacial score (nSPS) is 10.6. The number of aliphatic hydroxyl groups excluding tert-OH is 1. The van der Waals surface area contributed by atoms with Gasteiger partial charge in [-0.25, -0.2) is 0 Å². The zero-order valence-corrected chi connectivity index (χ0v) is 13.8. The van der Waals surface area contributed by atoms with Crippen LogP contribution in [0.5, 0.6) is 0 Å². The molecule has 0 bridgehead atoms. The Bertz CT molecular complexity index is 965. The number of para-hydroxylation sites is 1. The lowest BCUT2D eigenvalue weighted by Crippen LogP contribution is -2.28. The van der Waals surface area contributed by atoms with Crippen LogP contribution in [0.2, 0.25) is 0 Å². The number of hydrogen-bond donors (Lipinski definition) is 3. The van der Waals surface area contributed by atoms with Crippen molar-refractivity contribution in [1.82, 2.24) is 4.57 Å². The lowest BCUT2D eigenvalue weighted by molar-refractivity contribution is 0.102. The maximum Gasteiger partial charge on any atom is 0.263 e. The minimum absolute atomic E-state index is 0.0104. The van der Waals surface area contributed by atoms with Gasteiger partial charge in [-0.2, -0.15) is 0 Å². The van der Waals surface area contributed by atoms with Gasteiger partial charge in [-0.15, -0.1) is 0 Å². The Morgan fingerprint density at radius 3 is 2.60 bits per heavy atom. The van der Waals surface area contributed by atoms with Gasteiger partial charge in [0.1, 0.15) is 5.56 Å². The van der Waals surface area contributed by atoms with Gasteiger partial charge in [0.05, 0.1) is 12.1 Å². The van der Waals surface area contributed by atoms with Crippen molar-refractivity contribution < 1.29 is 9.90 Å². The van der Waals surface area contributed by atoms with Crippen LogP contribution in [0.3, 0.4) is 0 Å². The molecular formula is C19H19N3O3. The molecule has 0 aliphatic carbocycles. The highest BCUT2D eigenvalue weighted by Gasteiger charge is 2.16. The number of hydrogen-bond acceptors (Lipinski definition) is 4. The summed E-state index contributed by atoms with van der Waals surface area (Å²) in [6.45, 7) is 0.372. The molecule has 3 rings (SSSR count). The van der Waals surface area contributed by atoms with E-state index in [1.54, 1.807) is 25.2 Å². The van der Waals surface area contributed by atoms with Gasteiger partial charge in [0.25, 0.3) is 11.5 Å². The first-order chi connectivity index (χ1) is 12.1. The van der Waals surface area contributed by atoms with Crippen molar-refractivity contribution in [3.63, 3.8) is 0 Å². The van der Waals surface area contributed by atoms with Crippen molar-refractivity contribution in [1.29, 1.82) is 0 Å². The van der Waals surface area contributed by atoms with Crippen molar-refractivity contribution in [2.75, 3.05) is 23.8 Å². The Morgan fingerprint density at radius 1 is 1.12 bits per heavy atom. The van der Waals surface area contributed by atoms with Gasteiger partial charge in [0, 0.05) is 30.4 Å². The van der Waals surface area contributed by atoms with Gasteiger partial charge in [0.2, 0.25) is 0 Å². The molecule has 1 amide bonds. The molecule has 0 radical (unpaired) electrons. The van der Waals surface area contributed by atoms with Crippen molar-refractivity contribution in [3.8, 4) is 0 Å². The fourth-order valence-electron chi connectivity index (χ4n) is 2.72. The quantitative estimate of drug-likeness (QED) is 0.666. The lowest BCUT2D eigenvalue weighted by Gasteiger charge is -2.13. The van der Waals surface area contributed by atoms with E-state index in [0.29, 0.717) is 17.7 Å². The van der Waals surface area contributed by atoms with Crippen LogP contribution in [0.15, 0.2) is 59.4 Å². The molecule has 0 aliphatic rings. The third-order valence-corrected chi connectivity index (χ3v) is 3.97. The van der Waals surface area contributed by atoms with Crippen LogP contribution in [-0.4, -0.2) is 28.7 Å². The van der Waals surface area contributed by atoms with E-state index in [4.69, 9.17) is 5.11 Å². The first kappa shape index (κ1) is 16.7. The van der Waals surface area contributed by atoms with Crippen molar-refractivity contribution in [3.05, 3.63) is 70.5 Å². The van der Waals surface area contributed by atoms with E-state index in [1.165, 1.54) is 4.57 Å². The fraction of sp³-hybridized carbons (Fsp3) is 0.158. The number of nitrogens with one attached hydrogen (secondary N) is 2. The standard InChI is InChI=1S/C19H19N3O3/c1-22-17-9-5-8-16(20-10-11-23)14(17)12-15(19(22)25)18(24)21-13-6-3-2-4-7-13/h2-9,12,20,23H,10-11H2,1H3,(H,21,24). The first-order valence-corrected chi connectivity index (χ1v) is 7.95. The molecule has 0 unspecified atom stereocenters. The SMILES string of the molecule is Cn1c(=O)c(C(=O)Nc2ccccc2)cc2c(NCCO)cccc21. The molecule has 1 aromatic heterocycles. The van der Waals surface area contributed by atoms with E-state index in [9.17, 15) is 9.59 Å². The van der Waals surface area contributed by atoms with E-state index in [0.717, 1.165) is 11.1 Å². The van der Waals surface area contributed by atoms with Crippen LogP contribution in [0.25, 0.3) is 10.9 Å². The Kier molecular flexibility index (Phi) is 4.81. The summed E-state index contributed by atoms with van der Waals surface area (Å²) >= 11 is 0. The fourth-order valence-corrected chi connectivity index (χ4v) is 2.72. The number of carbonyl (C=O) groups excluding carboxylic acids is 1. The first-order valence-electron chi connectivity index (χ1n) is 7.95. The molecule has 6 nitrogen and oxygen atoms in total. The molecule has 0 atom stereocenters. The number of carbonyl (C=O) groups is 1. The molecule has 0 saturated heterocycles. The smallest absolute Gasteiger partial charge is 0.263 e. The maximum atomic E-state index is 12.6. The maximum absolute atomic E-state index is 12.6. The summed E-state index contributed by atoms with van der Waals surface area (Å²) in [4.78, 5) is 25.2. The zero-order chi connectivity index (χ0) is 17.8. The van der Waals surface area contributed by atoms with Gasteiger partial charge in [0.15, 0.2) is 0 Å². The molecule has 3 aromatic rings. The van der Waals surface area contributed by atoms with Crippen molar-refractivity contribution in [2.24, 2.45) is 7.05 Å². The van der Waals surface area contributed by atoms with Crippen LogP contribution >= 0.6 is 0 Å². The Balaban J connectivity index is 2.07. The molecule has 128 valence electrons. The minimum atomic E-state index is -0.453. The highest BCUT2D eigenvalue weighted by atomic mass is 16.3. The lowest BCUT2D eigenvalue weighted by atomic mass is 10.1. The monoisotopic (exact) mass is 337 g/mol. The highest BCUT2D eigenvalue weighted by molar-refractivity contribution is 6.07. The van der Waals surface area contributed by atoms with E-state index in [2.05, 4.69) is 10.6 Å². The second-order valence-corrected chi connectivity index (χ2v) is 5.63. The number of fused-ring (bicyclic) bond motifs is 1. The molecule has 0 saturated carbocycles. The Morgan fingerprint density at radius 2 is 1.88 bits per heavy atom. The summed E-state index contributed by atoms with van der Waals surface area (Å²) in [7, 11) is 1.64. The second kappa shape index (κ2) is 7.19. The van der Waals surface area contributed by atoms with Crippen LogP contribution in [-0.2, 0) is 7.05 Å². The van der Waals surface area contributed by atoms with E-state index >= 15 is 0 Å². The number of nitrogens with zero attached hydrogens (tertiary/aromatic N) is 1. The van der Waals surface area contributed by atoms with E-state index < -0.39 is 5.91 Å². The molecule has 6 heteroatoms. The number of rotatable bonds is 5. The van der Waals surface area contributed by atoms with Crippen LogP contribution in [0, 0.1) is 0 Å². The second-order valence-electron chi connectivity index (χ2n) is 5.63. The number of amides is 1. The van der Waals surface area contributed by atoms with E-state index in [1.807, 2.05) is 36.4 Å². The van der Waals surface area contributed by atoms with Gasteiger partial charge < -0.3 is 20.3 Å². The molecule has 3 N–H and O–H groups in total. The average Bonchev–Trinajstić information content (AvgIpc) is 2.63. The van der Waals surface area contributed by atoms with Crippen LogP contribution < -0.4 is 16.2 Å². The van der Waals surface area contributed by atoms with Crippen LogP contribution in [0.1, 0.15) is 10.4 Å². The summed E-state index contributed by atoms with van der Waals surface area (Å²) < 4.78 is 1.46. The van der Waals surface area contributed by atoms with Gasteiger partial charge in [-0.3, -0.25) is 9.59 Å². The number of anilines is 2. The number of benzene rings is 2. The van der Waals surface area contributed by atoms with Gasteiger partial charge >= 0.3 is 0 Å². The zero-order valence-electron chi connectivity index (χ0n) is 13.8. The van der Waals surface area contributed by atoms with Gasteiger partial charge in [-0.1, -0.05) is 24.3 Å². The van der Waals surface area contributed by atoms with Gasteiger partial charge in [-0.05, 0) is 30.3 Å². The summed E-state index contributed by atoms with van der Waals surface area (Å²) in [5.74, 6) is -0.453. The molecular weight excluding hydrogens is 318 g/mol. The molecule has 0 aliphatic heterocycles. The number of aliphatic hydroxyl groups is 1. The number of pyridine rings is 1. The van der Waals surface area contributed by atoms with Crippen LogP contribution in [0.4, 0.5) is 11.4 Å². The topological polar surface area (TPSA) is 83.4 Å². The summed E-state index contributed by atoms with van der Waals surface area (Å²) in [5, 5.41) is 15.6. The largest absolute Gasteiger partial charge is 0.395 e. The average molecular weight is 337 g/mol. The summed E-state index contributed by atoms with van der Waals surface area (Å²) in [6, 6.07) is 16.1. The predicted molar refractivity (Wildman–Crippen MR) is 99.2 cm³/mol. The summed E-state index contributed by atoms with van der Waals surface area (Å²) in [6.07, 6.45) is 0. The Labute approximate surface area is 144 Å². The third kappa shape index (κ3) is 3.39. The highest BCUT2D eigenvalue weighted by Crippen LogP contribution is 2.23. The van der Waals surface area contributed by atoms with Crippen molar-refractivity contribution >= 4 is 28.2 Å². The van der Waals surface area contributed by atoms with Crippen molar-refractivity contribution in [2.45, 2.75) is 0 Å². The molecule has 0 fully saturated rings. The molecule has 0 spiro atoms. The molecule has 25 heavy (non-hydrogen) atoms. The summed E-state index contributed by atoms with van der Waals surface area (Å²) in [5.41, 5.74) is 1.80. The minimum Gasteiger partial charge on any atom is -0.395 e. The molecule has 2 aromatic carbocycles.